The first kappa shape index (κ1) is 16.4. The van der Waals surface area contributed by atoms with Gasteiger partial charge in [-0.15, -0.1) is 0 Å². The van der Waals surface area contributed by atoms with Crippen LogP contribution in [0.1, 0.15) is 20.7 Å². The Labute approximate surface area is 120 Å². The molecule has 0 aliphatic rings. The summed E-state index contributed by atoms with van der Waals surface area (Å²) in [4.78, 5) is 42.4. The summed E-state index contributed by atoms with van der Waals surface area (Å²) in [5, 5.41) is 34.1. The van der Waals surface area contributed by atoms with Crippen LogP contribution in [0.3, 0.4) is 0 Å². The largest absolute Gasteiger partial charge is 0.493 e. The lowest BCUT2D eigenvalue weighted by Gasteiger charge is -1.95. The van der Waals surface area contributed by atoms with Gasteiger partial charge < -0.3 is 31.1 Å². The van der Waals surface area contributed by atoms with Crippen molar-refractivity contribution in [2.75, 3.05) is 5.73 Å². The van der Waals surface area contributed by atoms with Crippen LogP contribution in [-0.4, -0.2) is 52.3 Å². The van der Waals surface area contributed by atoms with E-state index in [2.05, 4.69) is 19.9 Å². The van der Waals surface area contributed by atoms with Crippen molar-refractivity contribution in [2.45, 2.75) is 0 Å². The Balaban J connectivity index is 0.000000220. The molecule has 12 nitrogen and oxygen atoms in total. The van der Waals surface area contributed by atoms with Crippen LogP contribution >= 0.6 is 0 Å². The molecule has 12 heteroatoms. The Morgan fingerprint density at radius 1 is 1.09 bits per heavy atom. The molecular formula is C10H9N5O7. The van der Waals surface area contributed by atoms with E-state index < -0.39 is 35.1 Å². The summed E-state index contributed by atoms with van der Waals surface area (Å²) >= 11 is 0. The number of carbonyl (C=O) groups is 2. The van der Waals surface area contributed by atoms with E-state index in [-0.39, 0.29) is 11.4 Å². The van der Waals surface area contributed by atoms with Gasteiger partial charge in [0, 0.05) is 6.20 Å². The van der Waals surface area contributed by atoms with Gasteiger partial charge in [-0.1, -0.05) is 0 Å². The number of aromatic amines is 1. The number of carboxylic acid groups (broad SMARTS) is 2. The number of rotatable bonds is 2. The number of hydrogen-bond donors (Lipinski definition) is 6. The zero-order valence-electron chi connectivity index (χ0n) is 10.6. The number of carboxylic acids is 2. The minimum atomic E-state index is -1.34. The van der Waals surface area contributed by atoms with Gasteiger partial charge in [-0.2, -0.15) is 9.97 Å². The molecule has 0 aliphatic heterocycles. The molecule has 2 heterocycles. The van der Waals surface area contributed by atoms with Gasteiger partial charge >= 0.3 is 23.6 Å². The van der Waals surface area contributed by atoms with Gasteiger partial charge in [0.2, 0.25) is 5.88 Å². The van der Waals surface area contributed by atoms with Gasteiger partial charge in [0.25, 0.3) is 0 Å². The Morgan fingerprint density at radius 3 is 2.14 bits per heavy atom. The van der Waals surface area contributed by atoms with Crippen molar-refractivity contribution in [2.24, 2.45) is 0 Å². The smallest absolute Gasteiger partial charge is 0.346 e. The van der Waals surface area contributed by atoms with E-state index in [0.29, 0.717) is 0 Å². The van der Waals surface area contributed by atoms with Crippen LogP contribution in [0.4, 0.5) is 5.82 Å². The molecule has 116 valence electrons. The fourth-order valence-corrected chi connectivity index (χ4v) is 1.10. The van der Waals surface area contributed by atoms with Crippen molar-refractivity contribution in [1.82, 2.24) is 19.9 Å². The predicted molar refractivity (Wildman–Crippen MR) is 68.6 cm³/mol. The normalized spacial score (nSPS) is 9.45. The van der Waals surface area contributed by atoms with Gasteiger partial charge in [0.15, 0.2) is 0 Å². The first-order valence-electron chi connectivity index (χ1n) is 5.29. The first-order valence-corrected chi connectivity index (χ1v) is 5.29. The summed E-state index contributed by atoms with van der Waals surface area (Å²) in [5.74, 6) is -3.58. The van der Waals surface area contributed by atoms with E-state index in [0.717, 1.165) is 12.4 Å². The zero-order chi connectivity index (χ0) is 16.9. The lowest BCUT2D eigenvalue weighted by atomic mass is 10.3. The molecule has 2 rings (SSSR count). The summed E-state index contributed by atoms with van der Waals surface area (Å²) in [6.45, 7) is 0. The van der Waals surface area contributed by atoms with E-state index in [1.807, 2.05) is 0 Å². The second-order valence-electron chi connectivity index (χ2n) is 3.52. The lowest BCUT2D eigenvalue weighted by Crippen LogP contribution is -2.16. The molecule has 0 fully saturated rings. The van der Waals surface area contributed by atoms with Crippen molar-refractivity contribution in [3.05, 3.63) is 34.0 Å². The molecule has 0 radical (unpaired) electrons. The summed E-state index contributed by atoms with van der Waals surface area (Å²) in [6, 6.07) is -0.660. The SMILES string of the molecule is Nc1nc(=O)[nH]cc1C(=O)O.O=C(O)c1cnc(O)nc1O. The lowest BCUT2D eigenvalue weighted by molar-refractivity contribution is 0.0683. The van der Waals surface area contributed by atoms with E-state index in [1.54, 1.807) is 0 Å². The molecule has 0 atom stereocenters. The standard InChI is InChI=1S/C5H5N3O3.C5H4N2O4/c6-3-2(4(9)10)1-7-5(11)8-3;8-3-2(4(9)10)1-6-5(11)7-3/h1H,(H,9,10)(H3,6,7,8,11);1H,(H,9,10)(H2,6,7,8,11). The Hall–Kier alpha value is -3.70. The average Bonchev–Trinajstić information content (AvgIpc) is 2.38. The number of aromatic nitrogens is 4. The summed E-state index contributed by atoms with van der Waals surface area (Å²) < 4.78 is 0. The molecule has 2 aromatic heterocycles. The number of hydrogen-bond acceptors (Lipinski definition) is 9. The van der Waals surface area contributed by atoms with E-state index in [9.17, 15) is 14.4 Å². The minimum Gasteiger partial charge on any atom is -0.493 e. The molecule has 2 aromatic rings. The van der Waals surface area contributed by atoms with E-state index in [1.165, 1.54) is 0 Å². The third kappa shape index (κ3) is 4.16. The molecule has 0 saturated carbocycles. The van der Waals surface area contributed by atoms with Crippen LogP contribution in [0, 0.1) is 0 Å². The van der Waals surface area contributed by atoms with Gasteiger partial charge in [0.1, 0.15) is 16.9 Å². The van der Waals surface area contributed by atoms with Crippen molar-refractivity contribution in [1.29, 1.82) is 0 Å². The van der Waals surface area contributed by atoms with Crippen molar-refractivity contribution in [3.8, 4) is 11.9 Å². The van der Waals surface area contributed by atoms with Crippen LogP contribution in [0.25, 0.3) is 0 Å². The molecule has 0 amide bonds. The maximum Gasteiger partial charge on any atom is 0.346 e. The second-order valence-corrected chi connectivity index (χ2v) is 3.52. The van der Waals surface area contributed by atoms with Crippen LogP contribution in [0.15, 0.2) is 17.2 Å². The van der Waals surface area contributed by atoms with Crippen LogP contribution in [-0.2, 0) is 0 Å². The van der Waals surface area contributed by atoms with Gasteiger partial charge in [-0.05, 0) is 0 Å². The van der Waals surface area contributed by atoms with Gasteiger partial charge in [-0.3, -0.25) is 0 Å². The molecule has 0 aliphatic carbocycles. The Morgan fingerprint density at radius 2 is 1.68 bits per heavy atom. The van der Waals surface area contributed by atoms with Crippen molar-refractivity contribution < 1.29 is 30.0 Å². The number of nitrogens with zero attached hydrogens (tertiary/aromatic N) is 3. The molecule has 0 bridgehead atoms. The topological polar surface area (TPSA) is 213 Å². The molecule has 0 aromatic carbocycles. The monoisotopic (exact) mass is 311 g/mol. The summed E-state index contributed by atoms with van der Waals surface area (Å²) in [6.07, 6.45) is 1.83. The predicted octanol–water partition coefficient (Wildman–Crippen LogP) is -1.36. The van der Waals surface area contributed by atoms with Crippen LogP contribution < -0.4 is 11.4 Å². The third-order valence-corrected chi connectivity index (χ3v) is 2.05. The Bertz CT molecular complexity index is 773. The van der Waals surface area contributed by atoms with Crippen LogP contribution in [0.5, 0.6) is 11.9 Å². The summed E-state index contributed by atoms with van der Waals surface area (Å²) in [5.41, 5.74) is 3.80. The highest BCUT2D eigenvalue weighted by Crippen LogP contribution is 2.13. The number of aromatic carboxylic acids is 2. The van der Waals surface area contributed by atoms with Crippen molar-refractivity contribution in [3.63, 3.8) is 0 Å². The van der Waals surface area contributed by atoms with Crippen molar-refractivity contribution >= 4 is 17.8 Å². The fourth-order valence-electron chi connectivity index (χ4n) is 1.10. The van der Waals surface area contributed by atoms with Crippen LogP contribution in [0.2, 0.25) is 0 Å². The van der Waals surface area contributed by atoms with Gasteiger partial charge in [-0.25, -0.2) is 19.4 Å². The molecule has 0 spiro atoms. The second kappa shape index (κ2) is 6.65. The maximum absolute atomic E-state index is 10.4. The number of anilines is 1. The highest BCUT2D eigenvalue weighted by atomic mass is 16.4. The van der Waals surface area contributed by atoms with E-state index in [4.69, 9.17) is 26.2 Å². The molecule has 22 heavy (non-hydrogen) atoms. The number of aromatic hydroxyl groups is 2. The fraction of sp³-hybridized carbons (Fsp3) is 0. The first-order chi connectivity index (χ1) is 10.2. The zero-order valence-corrected chi connectivity index (χ0v) is 10.6. The summed E-state index contributed by atoms with van der Waals surface area (Å²) in [7, 11) is 0. The minimum absolute atomic E-state index is 0.204. The quantitative estimate of drug-likeness (QED) is 0.380. The number of nitrogens with one attached hydrogen (secondary N) is 1. The number of H-pyrrole nitrogens is 1. The average molecular weight is 311 g/mol. The molecule has 0 saturated heterocycles. The molecular weight excluding hydrogens is 302 g/mol. The highest BCUT2D eigenvalue weighted by Gasteiger charge is 2.11. The third-order valence-electron chi connectivity index (χ3n) is 2.05. The maximum atomic E-state index is 10.4. The molecule has 0 unspecified atom stereocenters. The number of nitrogen functional groups attached to an aromatic ring is 1. The van der Waals surface area contributed by atoms with E-state index >= 15 is 0 Å². The highest BCUT2D eigenvalue weighted by molar-refractivity contribution is 5.91. The Kier molecular flexibility index (Phi) is 4.94. The molecule has 7 N–H and O–H groups in total. The number of nitrogens with two attached hydrogens (primary N) is 1. The van der Waals surface area contributed by atoms with Gasteiger partial charge in [0.05, 0.1) is 6.20 Å².